The molecule has 4 heteroatoms. The van der Waals surface area contributed by atoms with Crippen molar-refractivity contribution < 1.29 is 4.74 Å². The molecule has 1 saturated heterocycles. The highest BCUT2D eigenvalue weighted by Crippen LogP contribution is 2.27. The highest BCUT2D eigenvalue weighted by molar-refractivity contribution is 5.27. The van der Waals surface area contributed by atoms with Gasteiger partial charge in [0, 0.05) is 30.5 Å². The van der Waals surface area contributed by atoms with Crippen molar-refractivity contribution in [3.05, 3.63) is 17.0 Å². The van der Waals surface area contributed by atoms with Gasteiger partial charge < -0.3 is 10.5 Å². The Balaban J connectivity index is 2.30. The molecule has 2 rings (SSSR count). The average molecular weight is 223 g/mol. The Morgan fingerprint density at radius 2 is 2.00 bits per heavy atom. The molecule has 0 spiro atoms. The Labute approximate surface area is 96.8 Å². The molecule has 4 nitrogen and oxygen atoms in total. The second-order valence-electron chi connectivity index (χ2n) is 4.66. The molecule has 0 saturated carbocycles. The minimum atomic E-state index is 0.0635. The molecule has 1 aromatic heterocycles. The molecule has 1 unspecified atom stereocenters. The lowest BCUT2D eigenvalue weighted by Crippen LogP contribution is -2.21. The second kappa shape index (κ2) is 4.55. The van der Waals surface area contributed by atoms with Crippen molar-refractivity contribution in [3.63, 3.8) is 0 Å². The summed E-state index contributed by atoms with van der Waals surface area (Å²) in [5.74, 6) is 0. The Morgan fingerprint density at radius 3 is 2.50 bits per heavy atom. The SMILES string of the molecule is Cc1nn(C2CCOCC2)c(C)c1C(C)N. The van der Waals surface area contributed by atoms with Gasteiger partial charge in [0.2, 0.25) is 0 Å². The third-order valence-electron chi connectivity index (χ3n) is 3.37. The first-order valence-electron chi connectivity index (χ1n) is 6.00. The fourth-order valence-electron chi connectivity index (χ4n) is 2.62. The number of hydrogen-bond donors (Lipinski definition) is 1. The van der Waals surface area contributed by atoms with Crippen LogP contribution in [0.3, 0.4) is 0 Å². The lowest BCUT2D eigenvalue weighted by atomic mass is 10.1. The smallest absolute Gasteiger partial charge is 0.0644 e. The van der Waals surface area contributed by atoms with Crippen LogP contribution in [-0.4, -0.2) is 23.0 Å². The maximum Gasteiger partial charge on any atom is 0.0644 e. The molecule has 1 aliphatic heterocycles. The largest absolute Gasteiger partial charge is 0.381 e. The van der Waals surface area contributed by atoms with Crippen LogP contribution in [0, 0.1) is 13.8 Å². The van der Waals surface area contributed by atoms with Crippen LogP contribution in [0.25, 0.3) is 0 Å². The van der Waals surface area contributed by atoms with Gasteiger partial charge in [0.15, 0.2) is 0 Å². The van der Waals surface area contributed by atoms with Gasteiger partial charge in [-0.3, -0.25) is 4.68 Å². The van der Waals surface area contributed by atoms with Gasteiger partial charge in [0.05, 0.1) is 11.7 Å². The second-order valence-corrected chi connectivity index (χ2v) is 4.66. The summed E-state index contributed by atoms with van der Waals surface area (Å²) < 4.78 is 7.53. The number of nitrogens with zero attached hydrogens (tertiary/aromatic N) is 2. The molecule has 0 aromatic carbocycles. The number of rotatable bonds is 2. The number of aromatic nitrogens is 2. The summed E-state index contributed by atoms with van der Waals surface area (Å²) in [4.78, 5) is 0. The standard InChI is InChI=1S/C12H21N3O/c1-8(13)12-9(2)14-15(10(12)3)11-4-6-16-7-5-11/h8,11H,4-7,13H2,1-3H3. The van der Waals surface area contributed by atoms with Crippen molar-refractivity contribution in [2.24, 2.45) is 5.73 Å². The number of aryl methyl sites for hydroxylation is 1. The van der Waals surface area contributed by atoms with Crippen molar-refractivity contribution in [3.8, 4) is 0 Å². The predicted octanol–water partition coefficient (Wildman–Crippen LogP) is 1.87. The number of ether oxygens (including phenoxy) is 1. The van der Waals surface area contributed by atoms with Crippen LogP contribution in [-0.2, 0) is 4.74 Å². The molecule has 90 valence electrons. The summed E-state index contributed by atoms with van der Waals surface area (Å²) in [6.07, 6.45) is 2.11. The van der Waals surface area contributed by atoms with Crippen LogP contribution in [0.15, 0.2) is 0 Å². The van der Waals surface area contributed by atoms with Crippen LogP contribution < -0.4 is 5.73 Å². The normalized spacial score (nSPS) is 20.0. The quantitative estimate of drug-likeness (QED) is 0.832. The summed E-state index contributed by atoms with van der Waals surface area (Å²) in [7, 11) is 0. The third-order valence-corrected chi connectivity index (χ3v) is 3.37. The summed E-state index contributed by atoms with van der Waals surface area (Å²) >= 11 is 0. The number of hydrogen-bond acceptors (Lipinski definition) is 3. The van der Waals surface area contributed by atoms with Crippen LogP contribution in [0.5, 0.6) is 0 Å². The first-order valence-corrected chi connectivity index (χ1v) is 6.00. The van der Waals surface area contributed by atoms with Gasteiger partial charge in [-0.15, -0.1) is 0 Å². The minimum absolute atomic E-state index is 0.0635. The summed E-state index contributed by atoms with van der Waals surface area (Å²) in [5.41, 5.74) is 9.47. The van der Waals surface area contributed by atoms with E-state index in [4.69, 9.17) is 10.5 Å². The molecule has 1 aromatic rings. The summed E-state index contributed by atoms with van der Waals surface area (Å²) in [6.45, 7) is 7.87. The number of nitrogens with two attached hydrogens (primary N) is 1. The van der Waals surface area contributed by atoms with E-state index >= 15 is 0 Å². The molecule has 16 heavy (non-hydrogen) atoms. The van der Waals surface area contributed by atoms with E-state index in [0.717, 1.165) is 31.7 Å². The first kappa shape index (κ1) is 11.6. The van der Waals surface area contributed by atoms with E-state index in [9.17, 15) is 0 Å². The Hall–Kier alpha value is -0.870. The Bertz CT molecular complexity index is 365. The summed E-state index contributed by atoms with van der Waals surface area (Å²) in [5, 5.41) is 4.64. The lowest BCUT2D eigenvalue weighted by Gasteiger charge is -2.23. The van der Waals surface area contributed by atoms with Gasteiger partial charge in [-0.05, 0) is 33.6 Å². The first-order chi connectivity index (χ1) is 7.61. The highest BCUT2D eigenvalue weighted by Gasteiger charge is 2.22. The zero-order chi connectivity index (χ0) is 11.7. The van der Waals surface area contributed by atoms with Crippen LogP contribution in [0.1, 0.15) is 48.8 Å². The molecule has 0 bridgehead atoms. The monoisotopic (exact) mass is 223 g/mol. The van der Waals surface area contributed by atoms with Gasteiger partial charge in [-0.2, -0.15) is 5.10 Å². The molecule has 1 fully saturated rings. The van der Waals surface area contributed by atoms with Gasteiger partial charge in [-0.25, -0.2) is 0 Å². The van der Waals surface area contributed by atoms with E-state index in [1.54, 1.807) is 0 Å². The van der Waals surface area contributed by atoms with Gasteiger partial charge >= 0.3 is 0 Å². The molecular formula is C12H21N3O. The molecule has 0 radical (unpaired) electrons. The zero-order valence-corrected chi connectivity index (χ0v) is 10.4. The minimum Gasteiger partial charge on any atom is -0.381 e. The molecule has 0 aliphatic carbocycles. The maximum atomic E-state index is 5.98. The fraction of sp³-hybridized carbons (Fsp3) is 0.750. The van der Waals surface area contributed by atoms with Crippen molar-refractivity contribution in [2.75, 3.05) is 13.2 Å². The zero-order valence-electron chi connectivity index (χ0n) is 10.4. The van der Waals surface area contributed by atoms with Crippen molar-refractivity contribution in [1.82, 2.24) is 9.78 Å². The van der Waals surface area contributed by atoms with Gasteiger partial charge in [0.1, 0.15) is 0 Å². The predicted molar refractivity (Wildman–Crippen MR) is 63.4 cm³/mol. The maximum absolute atomic E-state index is 5.98. The summed E-state index contributed by atoms with van der Waals surface area (Å²) in [6, 6.07) is 0.550. The van der Waals surface area contributed by atoms with Gasteiger partial charge in [0.25, 0.3) is 0 Å². The van der Waals surface area contributed by atoms with Crippen LogP contribution in [0.2, 0.25) is 0 Å². The average Bonchev–Trinajstić information content (AvgIpc) is 2.55. The highest BCUT2D eigenvalue weighted by atomic mass is 16.5. The van der Waals surface area contributed by atoms with Crippen LogP contribution in [0.4, 0.5) is 0 Å². The van der Waals surface area contributed by atoms with Crippen LogP contribution >= 0.6 is 0 Å². The van der Waals surface area contributed by atoms with Crippen molar-refractivity contribution in [1.29, 1.82) is 0 Å². The fourth-order valence-corrected chi connectivity index (χ4v) is 2.62. The molecular weight excluding hydrogens is 202 g/mol. The molecule has 0 amide bonds. The molecule has 2 N–H and O–H groups in total. The van der Waals surface area contributed by atoms with E-state index in [2.05, 4.69) is 16.7 Å². The van der Waals surface area contributed by atoms with Crippen molar-refractivity contribution in [2.45, 2.75) is 45.7 Å². The van der Waals surface area contributed by atoms with E-state index < -0.39 is 0 Å². The Morgan fingerprint density at radius 1 is 1.38 bits per heavy atom. The molecule has 1 aliphatic rings. The van der Waals surface area contributed by atoms with Gasteiger partial charge in [-0.1, -0.05) is 0 Å². The van der Waals surface area contributed by atoms with E-state index in [1.165, 1.54) is 11.3 Å². The van der Waals surface area contributed by atoms with E-state index in [0.29, 0.717) is 6.04 Å². The molecule has 2 heterocycles. The Kier molecular flexibility index (Phi) is 3.30. The lowest BCUT2D eigenvalue weighted by molar-refractivity contribution is 0.0655. The van der Waals surface area contributed by atoms with Crippen molar-refractivity contribution >= 4 is 0 Å². The topological polar surface area (TPSA) is 53.1 Å². The van der Waals surface area contributed by atoms with E-state index in [1.807, 2.05) is 13.8 Å². The third kappa shape index (κ3) is 1.99. The molecule has 1 atom stereocenters. The van der Waals surface area contributed by atoms with E-state index in [-0.39, 0.29) is 6.04 Å².